The molecule has 0 saturated carbocycles. The van der Waals surface area contributed by atoms with Gasteiger partial charge in [-0.3, -0.25) is 0 Å². The van der Waals surface area contributed by atoms with Crippen LogP contribution in [0.15, 0.2) is 194 Å². The molecule has 0 radical (unpaired) electrons. The number of fused-ring (bicyclic) bond motifs is 15. The Kier molecular flexibility index (Phi) is 10.9. The van der Waals surface area contributed by atoms with Crippen LogP contribution in [0.3, 0.4) is 0 Å². The molecule has 1 spiro atoms. The van der Waals surface area contributed by atoms with Crippen LogP contribution in [0.25, 0.3) is 44.5 Å². The van der Waals surface area contributed by atoms with Gasteiger partial charge in [0.2, 0.25) is 0 Å². The third-order valence-electron chi connectivity index (χ3n) is 17.8. The highest BCUT2D eigenvalue weighted by Gasteiger charge is 2.57. The smallest absolute Gasteiger partial charge is 0.264 e. The summed E-state index contributed by atoms with van der Waals surface area (Å²) >= 11 is 2.08. The Morgan fingerprint density at radius 3 is 1.65 bits per heavy atom. The average molecular weight is 1030 g/mol. The summed E-state index contributed by atoms with van der Waals surface area (Å²) < 4.78 is 1.40. The van der Waals surface area contributed by atoms with E-state index >= 15 is 0 Å². The first kappa shape index (κ1) is 48.7. The van der Waals surface area contributed by atoms with Crippen molar-refractivity contribution in [1.29, 1.82) is 0 Å². The summed E-state index contributed by atoms with van der Waals surface area (Å²) in [4.78, 5) is 6.73. The SMILES string of the molecule is Cc1cc2c3c(c1)N(c1ccc(C(C)(C)C)cc1)c1c(sc4c1-c1ccc(C(C)(C)C)cc1C41c4ccccc4-c4ccccc41)B3c1ccc(-c3cc(C(C)C)ccc3-c3ccccc3)cc1N2c1ccc(C(C)C)cc1. The second kappa shape index (κ2) is 17.4. The molecule has 2 aliphatic heterocycles. The summed E-state index contributed by atoms with van der Waals surface area (Å²) in [5, 5.41) is 0. The topological polar surface area (TPSA) is 6.48 Å². The maximum Gasteiger partial charge on any atom is 0.264 e. The minimum atomic E-state index is -0.505. The molecule has 4 heteroatoms. The van der Waals surface area contributed by atoms with Crippen LogP contribution in [0.1, 0.15) is 130 Å². The molecule has 2 nitrogen and oxygen atoms in total. The molecule has 0 amide bonds. The first-order valence-corrected chi connectivity index (χ1v) is 29.1. The molecule has 0 saturated heterocycles. The van der Waals surface area contributed by atoms with E-state index < -0.39 is 5.41 Å². The van der Waals surface area contributed by atoms with E-state index in [-0.39, 0.29) is 17.5 Å². The number of hydrogen-bond acceptors (Lipinski definition) is 3. The first-order valence-electron chi connectivity index (χ1n) is 28.3. The zero-order valence-electron chi connectivity index (χ0n) is 47.0. The highest BCUT2D eigenvalue weighted by atomic mass is 32.1. The number of rotatable bonds is 6. The predicted octanol–water partition coefficient (Wildman–Crippen LogP) is 18.7. The molecule has 78 heavy (non-hydrogen) atoms. The van der Waals surface area contributed by atoms with E-state index in [0.717, 1.165) is 0 Å². The molecule has 0 unspecified atom stereocenters. The molecule has 0 bridgehead atoms. The summed E-state index contributed by atoms with van der Waals surface area (Å²) in [5.74, 6) is 0.807. The van der Waals surface area contributed by atoms with Crippen molar-refractivity contribution in [3.05, 3.63) is 244 Å². The number of hydrogen-bond donors (Lipinski definition) is 0. The second-order valence-corrected chi connectivity index (χ2v) is 26.4. The van der Waals surface area contributed by atoms with Crippen LogP contribution in [-0.4, -0.2) is 6.71 Å². The lowest BCUT2D eigenvalue weighted by atomic mass is 9.36. The third kappa shape index (κ3) is 7.07. The van der Waals surface area contributed by atoms with E-state index in [2.05, 4.69) is 291 Å². The van der Waals surface area contributed by atoms with E-state index in [1.807, 2.05) is 0 Å². The normalized spacial score (nSPS) is 14.3. The molecule has 382 valence electrons. The fourth-order valence-corrected chi connectivity index (χ4v) is 15.4. The molecule has 9 aromatic carbocycles. The Bertz CT molecular complexity index is 4020. The van der Waals surface area contributed by atoms with Crippen molar-refractivity contribution < 1.29 is 0 Å². The zero-order chi connectivity index (χ0) is 53.7. The van der Waals surface area contributed by atoms with E-state index in [1.54, 1.807) is 0 Å². The summed E-state index contributed by atoms with van der Waals surface area (Å²) in [6.07, 6.45) is 0. The zero-order valence-corrected chi connectivity index (χ0v) is 47.8. The largest absolute Gasteiger partial charge is 0.311 e. The maximum absolute atomic E-state index is 2.69. The Morgan fingerprint density at radius 1 is 0.449 bits per heavy atom. The quantitative estimate of drug-likeness (QED) is 0.153. The van der Waals surface area contributed by atoms with Crippen molar-refractivity contribution in [1.82, 2.24) is 0 Å². The maximum atomic E-state index is 2.69. The fraction of sp³-hybridized carbons (Fsp3) is 0.216. The van der Waals surface area contributed by atoms with Crippen molar-refractivity contribution >= 4 is 67.9 Å². The number of nitrogens with zero attached hydrogens (tertiary/aromatic N) is 2. The monoisotopic (exact) mass is 1030 g/mol. The molecule has 14 rings (SSSR count). The number of anilines is 6. The molecule has 1 aromatic heterocycles. The summed E-state index contributed by atoms with van der Waals surface area (Å²) in [5.41, 5.74) is 30.7. The van der Waals surface area contributed by atoms with Crippen LogP contribution in [0.5, 0.6) is 0 Å². The minimum absolute atomic E-state index is 0.00823. The van der Waals surface area contributed by atoms with E-state index in [1.165, 1.54) is 144 Å². The Hall–Kier alpha value is -7.66. The van der Waals surface area contributed by atoms with Gasteiger partial charge >= 0.3 is 0 Å². The van der Waals surface area contributed by atoms with Gasteiger partial charge in [0, 0.05) is 43.7 Å². The van der Waals surface area contributed by atoms with Gasteiger partial charge in [0.15, 0.2) is 0 Å². The van der Waals surface area contributed by atoms with Crippen LogP contribution in [-0.2, 0) is 16.2 Å². The second-order valence-electron chi connectivity index (χ2n) is 25.3. The minimum Gasteiger partial charge on any atom is -0.311 e. The van der Waals surface area contributed by atoms with Crippen molar-refractivity contribution in [2.45, 2.75) is 104 Å². The lowest BCUT2D eigenvalue weighted by Crippen LogP contribution is -2.60. The predicted molar refractivity (Wildman–Crippen MR) is 336 cm³/mol. The van der Waals surface area contributed by atoms with Crippen molar-refractivity contribution in [3.63, 3.8) is 0 Å². The Balaban J connectivity index is 1.11. The van der Waals surface area contributed by atoms with Crippen molar-refractivity contribution in [3.8, 4) is 44.5 Å². The van der Waals surface area contributed by atoms with Gasteiger partial charge < -0.3 is 9.80 Å². The number of aryl methyl sites for hydroxylation is 1. The summed E-state index contributed by atoms with van der Waals surface area (Å²) in [6, 6.07) is 75.7. The highest BCUT2D eigenvalue weighted by molar-refractivity contribution is 7.30. The van der Waals surface area contributed by atoms with Gasteiger partial charge in [-0.15, -0.1) is 11.3 Å². The van der Waals surface area contributed by atoms with E-state index in [4.69, 9.17) is 0 Å². The lowest BCUT2D eigenvalue weighted by molar-refractivity contribution is 0.588. The van der Waals surface area contributed by atoms with Gasteiger partial charge in [0.1, 0.15) is 0 Å². The third-order valence-corrected chi connectivity index (χ3v) is 19.2. The molecule has 2 aliphatic carbocycles. The summed E-state index contributed by atoms with van der Waals surface area (Å²) in [7, 11) is 0. The van der Waals surface area contributed by atoms with Gasteiger partial charge in [-0.25, -0.2) is 0 Å². The van der Waals surface area contributed by atoms with Crippen LogP contribution in [0.2, 0.25) is 0 Å². The number of thiophene rings is 1. The molecule has 0 atom stereocenters. The summed E-state index contributed by atoms with van der Waals surface area (Å²) in [6.45, 7) is 25.5. The number of benzene rings is 9. The molecule has 10 aromatic rings. The van der Waals surface area contributed by atoms with Gasteiger partial charge in [0.05, 0.1) is 11.1 Å². The first-order chi connectivity index (χ1) is 37.5. The molecule has 3 heterocycles. The van der Waals surface area contributed by atoms with Crippen LogP contribution >= 0.6 is 11.3 Å². The molecule has 0 fully saturated rings. The molecular formula is C74H67BN2S. The van der Waals surface area contributed by atoms with E-state index in [9.17, 15) is 0 Å². The highest BCUT2D eigenvalue weighted by Crippen LogP contribution is 2.67. The van der Waals surface area contributed by atoms with Crippen LogP contribution in [0, 0.1) is 6.92 Å². The Labute approximate surface area is 467 Å². The standard InChI is InChI=1S/C74H67BN2S/c1-44(2)47-25-32-53(33-26-47)76-64-42-50(59-41-49(45(3)4)27-36-55(59)48-19-13-12-14-20-48)28-38-63(64)75-68-65(76)39-46(5)40-66(68)77(54-34-29-51(30-35-54)72(6,7)8)69-67-58-37-31-52(73(9,10)11)43-62(58)74(70(67)78-71(69)75)60-23-17-15-21-56(60)57-22-16-18-24-61(57)74/h12-45H,1-11H3. The Morgan fingerprint density at radius 2 is 1.01 bits per heavy atom. The van der Waals surface area contributed by atoms with Gasteiger partial charge in [-0.1, -0.05) is 221 Å². The van der Waals surface area contributed by atoms with Crippen molar-refractivity contribution in [2.24, 2.45) is 0 Å². The molecule has 0 N–H and O–H groups in total. The van der Waals surface area contributed by atoms with Gasteiger partial charge in [0.25, 0.3) is 6.71 Å². The van der Waals surface area contributed by atoms with Crippen LogP contribution in [0.4, 0.5) is 34.1 Å². The lowest BCUT2D eigenvalue weighted by Gasteiger charge is -2.44. The van der Waals surface area contributed by atoms with E-state index in [0.29, 0.717) is 11.8 Å². The molecular weight excluding hydrogens is 960 g/mol. The average Bonchev–Trinajstić information content (AvgIpc) is 3.10. The van der Waals surface area contributed by atoms with Gasteiger partial charge in [-0.05, 0) is 166 Å². The van der Waals surface area contributed by atoms with Crippen molar-refractivity contribution in [2.75, 3.05) is 9.80 Å². The molecule has 4 aliphatic rings. The van der Waals surface area contributed by atoms with Crippen LogP contribution < -0.4 is 25.5 Å². The fourth-order valence-electron chi connectivity index (χ4n) is 13.7. The van der Waals surface area contributed by atoms with Gasteiger partial charge in [-0.2, -0.15) is 0 Å².